The monoisotopic (exact) mass is 316 g/mol. The fraction of sp³-hybridized carbons (Fsp3) is 0.438. The number of para-hydroxylation sites is 1. The average Bonchev–Trinajstić information content (AvgIpc) is 2.99. The summed E-state index contributed by atoms with van der Waals surface area (Å²) in [6.07, 6.45) is 4.00. The maximum Gasteiger partial charge on any atom is 0.306 e. The first-order valence-corrected chi connectivity index (χ1v) is 7.74. The van der Waals surface area contributed by atoms with Gasteiger partial charge in [0.2, 0.25) is 0 Å². The number of aliphatic hydroxyl groups excluding tert-OH is 1. The van der Waals surface area contributed by atoms with E-state index in [2.05, 4.69) is 29.1 Å². The van der Waals surface area contributed by atoms with Gasteiger partial charge >= 0.3 is 5.69 Å². The van der Waals surface area contributed by atoms with E-state index in [1.165, 1.54) is 22.6 Å². The number of aromatic nitrogens is 2. The van der Waals surface area contributed by atoms with Crippen LogP contribution >= 0.6 is 0 Å². The minimum atomic E-state index is -0.650. The first-order chi connectivity index (χ1) is 11.0. The molecular formula is C16H20N4O3. The third-order valence-corrected chi connectivity index (χ3v) is 4.30. The molecule has 0 radical (unpaired) electrons. The molecule has 1 aromatic heterocycles. The van der Waals surface area contributed by atoms with Crippen molar-refractivity contribution in [2.75, 3.05) is 11.4 Å². The summed E-state index contributed by atoms with van der Waals surface area (Å²) in [4.78, 5) is 12.4. The van der Waals surface area contributed by atoms with Crippen LogP contribution < -0.4 is 4.90 Å². The third kappa shape index (κ3) is 3.34. The molecule has 1 aromatic carbocycles. The summed E-state index contributed by atoms with van der Waals surface area (Å²) >= 11 is 0. The van der Waals surface area contributed by atoms with Crippen LogP contribution in [-0.2, 0) is 13.0 Å². The molecule has 0 aliphatic carbocycles. The standard InChI is InChI=1S/C16H20N4O3/c1-12-6-7-13-4-2-3-5-16(13)19(12)11-15(21)10-18-9-14(8-17-18)20(22)23/h2-5,8-9,12,15,21H,6-7,10-11H2,1H3/t12-,15-/m0/s1. The fourth-order valence-corrected chi connectivity index (χ4v) is 3.09. The number of anilines is 1. The van der Waals surface area contributed by atoms with Gasteiger partial charge in [-0.15, -0.1) is 0 Å². The van der Waals surface area contributed by atoms with Crippen LogP contribution in [0.15, 0.2) is 36.7 Å². The van der Waals surface area contributed by atoms with Crippen molar-refractivity contribution >= 4 is 11.4 Å². The Labute approximate surface area is 134 Å². The van der Waals surface area contributed by atoms with Crippen molar-refractivity contribution in [1.82, 2.24) is 9.78 Å². The lowest BCUT2D eigenvalue weighted by molar-refractivity contribution is -0.385. The van der Waals surface area contributed by atoms with Gasteiger partial charge in [-0.2, -0.15) is 5.10 Å². The molecule has 0 unspecified atom stereocenters. The zero-order chi connectivity index (χ0) is 16.4. The highest BCUT2D eigenvalue weighted by molar-refractivity contribution is 5.56. The van der Waals surface area contributed by atoms with Crippen molar-refractivity contribution in [2.45, 2.75) is 38.5 Å². The summed E-state index contributed by atoms with van der Waals surface area (Å²) in [6.45, 7) is 2.87. The first-order valence-electron chi connectivity index (χ1n) is 7.74. The van der Waals surface area contributed by atoms with E-state index in [0.717, 1.165) is 18.5 Å². The van der Waals surface area contributed by atoms with E-state index < -0.39 is 11.0 Å². The molecule has 7 heteroatoms. The van der Waals surface area contributed by atoms with E-state index >= 15 is 0 Å². The number of aryl methyl sites for hydroxylation is 1. The molecule has 2 atom stereocenters. The van der Waals surface area contributed by atoms with Gasteiger partial charge in [-0.25, -0.2) is 0 Å². The van der Waals surface area contributed by atoms with Crippen molar-refractivity contribution in [1.29, 1.82) is 0 Å². The second-order valence-corrected chi connectivity index (χ2v) is 6.00. The SMILES string of the molecule is C[C@H]1CCc2ccccc2N1C[C@@H](O)Cn1cc([N+](=O)[O-])cn1. The molecule has 1 N–H and O–H groups in total. The maximum atomic E-state index is 10.7. The highest BCUT2D eigenvalue weighted by Gasteiger charge is 2.25. The van der Waals surface area contributed by atoms with Gasteiger partial charge in [-0.3, -0.25) is 14.8 Å². The number of rotatable bonds is 5. The number of hydrogen-bond acceptors (Lipinski definition) is 5. The number of hydrogen-bond donors (Lipinski definition) is 1. The molecule has 122 valence electrons. The van der Waals surface area contributed by atoms with E-state index in [4.69, 9.17) is 0 Å². The number of nitro groups is 1. The molecule has 2 heterocycles. The fourth-order valence-electron chi connectivity index (χ4n) is 3.09. The molecule has 23 heavy (non-hydrogen) atoms. The summed E-state index contributed by atoms with van der Waals surface area (Å²) in [5.74, 6) is 0. The first kappa shape index (κ1) is 15.5. The molecule has 1 aliphatic heterocycles. The second kappa shape index (κ2) is 6.37. The molecule has 2 aromatic rings. The Kier molecular flexibility index (Phi) is 4.29. The number of fused-ring (bicyclic) bond motifs is 1. The molecule has 0 bridgehead atoms. The Bertz CT molecular complexity index is 700. The largest absolute Gasteiger partial charge is 0.389 e. The minimum Gasteiger partial charge on any atom is -0.389 e. The Morgan fingerprint density at radius 1 is 1.43 bits per heavy atom. The molecule has 0 fully saturated rings. The Morgan fingerprint density at radius 3 is 2.96 bits per heavy atom. The van der Waals surface area contributed by atoms with E-state index in [9.17, 15) is 15.2 Å². The van der Waals surface area contributed by atoms with Gasteiger partial charge in [-0.05, 0) is 31.4 Å². The van der Waals surface area contributed by atoms with E-state index in [0.29, 0.717) is 12.6 Å². The van der Waals surface area contributed by atoms with Crippen molar-refractivity contribution in [3.63, 3.8) is 0 Å². The quantitative estimate of drug-likeness (QED) is 0.673. The topological polar surface area (TPSA) is 84.4 Å². The Morgan fingerprint density at radius 2 is 2.22 bits per heavy atom. The third-order valence-electron chi connectivity index (χ3n) is 4.30. The number of nitrogens with zero attached hydrogens (tertiary/aromatic N) is 4. The minimum absolute atomic E-state index is 0.0612. The predicted molar refractivity (Wildman–Crippen MR) is 86.5 cm³/mol. The van der Waals surface area contributed by atoms with Crippen LogP contribution in [0.25, 0.3) is 0 Å². The summed E-state index contributed by atoms with van der Waals surface area (Å²) in [7, 11) is 0. The molecule has 0 saturated heterocycles. The molecule has 1 aliphatic rings. The lowest BCUT2D eigenvalue weighted by Crippen LogP contribution is -2.43. The Hall–Kier alpha value is -2.41. The smallest absolute Gasteiger partial charge is 0.306 e. The van der Waals surface area contributed by atoms with Gasteiger partial charge in [0.25, 0.3) is 0 Å². The number of benzene rings is 1. The van der Waals surface area contributed by atoms with Crippen LogP contribution in [0, 0.1) is 10.1 Å². The van der Waals surface area contributed by atoms with Gasteiger partial charge in [-0.1, -0.05) is 18.2 Å². The number of β-amino-alcohol motifs (C(OH)–C–C–N with tert-alkyl or cyclic N) is 1. The molecular weight excluding hydrogens is 296 g/mol. The summed E-state index contributed by atoms with van der Waals surface area (Å²) in [5, 5.41) is 25.0. The van der Waals surface area contributed by atoms with Crippen molar-refractivity contribution in [3.05, 3.63) is 52.3 Å². The van der Waals surface area contributed by atoms with Crippen molar-refractivity contribution in [3.8, 4) is 0 Å². The molecule has 7 nitrogen and oxygen atoms in total. The summed E-state index contributed by atoms with van der Waals surface area (Å²) in [5.41, 5.74) is 2.40. The molecule has 0 spiro atoms. The lowest BCUT2D eigenvalue weighted by atomic mass is 9.96. The van der Waals surface area contributed by atoms with Crippen LogP contribution in [0.1, 0.15) is 18.9 Å². The molecule has 0 saturated carbocycles. The van der Waals surface area contributed by atoms with Crippen molar-refractivity contribution in [2.24, 2.45) is 0 Å². The van der Waals surface area contributed by atoms with Gasteiger partial charge in [0.15, 0.2) is 0 Å². The highest BCUT2D eigenvalue weighted by Crippen LogP contribution is 2.30. The van der Waals surface area contributed by atoms with Gasteiger partial charge in [0.05, 0.1) is 17.6 Å². The second-order valence-electron chi connectivity index (χ2n) is 6.00. The van der Waals surface area contributed by atoms with E-state index in [-0.39, 0.29) is 12.2 Å². The van der Waals surface area contributed by atoms with E-state index in [1.54, 1.807) is 0 Å². The zero-order valence-corrected chi connectivity index (χ0v) is 13.0. The van der Waals surface area contributed by atoms with E-state index in [1.807, 2.05) is 12.1 Å². The summed E-state index contributed by atoms with van der Waals surface area (Å²) < 4.78 is 1.42. The van der Waals surface area contributed by atoms with Crippen LogP contribution in [0.3, 0.4) is 0 Å². The van der Waals surface area contributed by atoms with Crippen LogP contribution in [0.5, 0.6) is 0 Å². The summed E-state index contributed by atoms with van der Waals surface area (Å²) in [6, 6.07) is 8.60. The van der Waals surface area contributed by atoms with Crippen molar-refractivity contribution < 1.29 is 10.0 Å². The molecule has 3 rings (SSSR count). The van der Waals surface area contributed by atoms with Crippen LogP contribution in [0.4, 0.5) is 11.4 Å². The number of aliphatic hydroxyl groups is 1. The van der Waals surface area contributed by atoms with Crippen LogP contribution in [-0.4, -0.2) is 38.5 Å². The maximum absolute atomic E-state index is 10.7. The zero-order valence-electron chi connectivity index (χ0n) is 13.0. The van der Waals surface area contributed by atoms with Gasteiger partial charge in [0.1, 0.15) is 12.4 Å². The van der Waals surface area contributed by atoms with Crippen LogP contribution in [0.2, 0.25) is 0 Å². The molecule has 0 amide bonds. The normalized spacial score (nSPS) is 18.5. The lowest BCUT2D eigenvalue weighted by Gasteiger charge is -2.38. The highest BCUT2D eigenvalue weighted by atomic mass is 16.6. The van der Waals surface area contributed by atoms with Gasteiger partial charge < -0.3 is 10.0 Å². The average molecular weight is 316 g/mol. The van der Waals surface area contributed by atoms with Gasteiger partial charge in [0, 0.05) is 18.3 Å². The predicted octanol–water partition coefficient (Wildman–Crippen LogP) is 1.99. The Balaban J connectivity index is 1.69.